The minimum absolute atomic E-state index is 0.244. The van der Waals surface area contributed by atoms with E-state index in [-0.39, 0.29) is 12.4 Å². The van der Waals surface area contributed by atoms with E-state index in [9.17, 15) is 4.79 Å². The molecule has 80 valence electrons. The van der Waals surface area contributed by atoms with Crippen LogP contribution in [0.5, 0.6) is 0 Å². The second-order valence-electron chi connectivity index (χ2n) is 2.95. The molecule has 0 aliphatic rings. The van der Waals surface area contributed by atoms with Crippen molar-refractivity contribution in [2.24, 2.45) is 5.84 Å². The molecule has 0 aromatic heterocycles. The average molecular weight is 206 g/mol. The Morgan fingerprint density at radius 3 is 2.67 bits per heavy atom. The van der Waals surface area contributed by atoms with Crippen molar-refractivity contribution in [3.8, 4) is 0 Å². The number of nitrogen functional groups attached to an aromatic ring is 1. The highest BCUT2D eigenvalue weighted by molar-refractivity contribution is 5.72. The maximum absolute atomic E-state index is 10.8. The Labute approximate surface area is 88.7 Å². The molecular formula is C11H14N2O2. The van der Waals surface area contributed by atoms with Gasteiger partial charge in [0.05, 0.1) is 13.5 Å². The number of esters is 1. The van der Waals surface area contributed by atoms with E-state index >= 15 is 0 Å². The monoisotopic (exact) mass is 206 g/mol. The zero-order chi connectivity index (χ0) is 11.1. The van der Waals surface area contributed by atoms with Gasteiger partial charge in [-0.25, -0.2) is 0 Å². The van der Waals surface area contributed by atoms with E-state index in [1.54, 1.807) is 6.08 Å². The van der Waals surface area contributed by atoms with Gasteiger partial charge in [0.2, 0.25) is 0 Å². The molecule has 0 saturated heterocycles. The number of methoxy groups -OCH3 is 1. The lowest BCUT2D eigenvalue weighted by Crippen LogP contribution is -2.05. The number of nitrogens with one attached hydrogen (secondary N) is 1. The first-order valence-electron chi connectivity index (χ1n) is 4.56. The lowest BCUT2D eigenvalue weighted by atomic mass is 10.2. The molecule has 1 rings (SSSR count). The normalized spacial score (nSPS) is 10.3. The Morgan fingerprint density at radius 2 is 2.13 bits per heavy atom. The number of rotatable bonds is 4. The molecule has 0 bridgehead atoms. The molecule has 0 radical (unpaired) electrons. The molecule has 0 atom stereocenters. The first-order valence-corrected chi connectivity index (χ1v) is 4.56. The van der Waals surface area contributed by atoms with Crippen LogP contribution < -0.4 is 11.3 Å². The third-order valence-corrected chi connectivity index (χ3v) is 1.90. The van der Waals surface area contributed by atoms with E-state index in [0.29, 0.717) is 0 Å². The Morgan fingerprint density at radius 1 is 1.47 bits per heavy atom. The molecule has 0 saturated carbocycles. The molecule has 0 amide bonds. The lowest BCUT2D eigenvalue weighted by Gasteiger charge is -1.99. The zero-order valence-corrected chi connectivity index (χ0v) is 8.57. The molecule has 1 aromatic rings. The summed E-state index contributed by atoms with van der Waals surface area (Å²) in [5.41, 5.74) is 4.40. The second-order valence-corrected chi connectivity index (χ2v) is 2.95. The van der Waals surface area contributed by atoms with E-state index < -0.39 is 0 Å². The number of hydrogen-bond donors (Lipinski definition) is 2. The highest BCUT2D eigenvalue weighted by atomic mass is 16.5. The van der Waals surface area contributed by atoms with Crippen molar-refractivity contribution in [3.63, 3.8) is 0 Å². The number of hydrazine groups is 1. The van der Waals surface area contributed by atoms with Gasteiger partial charge < -0.3 is 10.2 Å². The van der Waals surface area contributed by atoms with E-state index in [1.165, 1.54) is 7.11 Å². The van der Waals surface area contributed by atoms with Crippen LogP contribution in [0.1, 0.15) is 12.0 Å². The summed E-state index contributed by atoms with van der Waals surface area (Å²) in [5, 5.41) is 0. The summed E-state index contributed by atoms with van der Waals surface area (Å²) in [7, 11) is 1.37. The van der Waals surface area contributed by atoms with Gasteiger partial charge in [0.15, 0.2) is 0 Å². The predicted molar refractivity (Wildman–Crippen MR) is 59.9 cm³/mol. The third kappa shape index (κ3) is 3.83. The molecule has 3 N–H and O–H groups in total. The fraction of sp³-hybridized carbons (Fsp3) is 0.182. The first-order chi connectivity index (χ1) is 7.26. The predicted octanol–water partition coefficient (Wildman–Crippen LogP) is 1.55. The minimum Gasteiger partial charge on any atom is -0.469 e. The third-order valence-electron chi connectivity index (χ3n) is 1.90. The lowest BCUT2D eigenvalue weighted by molar-refractivity contribution is -0.139. The van der Waals surface area contributed by atoms with Crippen LogP contribution in [0.3, 0.4) is 0 Å². The van der Waals surface area contributed by atoms with Crippen LogP contribution in [0.2, 0.25) is 0 Å². The second kappa shape index (κ2) is 5.82. The maximum atomic E-state index is 10.8. The van der Waals surface area contributed by atoms with Crippen LogP contribution in [-0.4, -0.2) is 13.1 Å². The van der Waals surface area contributed by atoms with Gasteiger partial charge in [0.25, 0.3) is 0 Å². The van der Waals surface area contributed by atoms with Gasteiger partial charge in [0, 0.05) is 5.69 Å². The Bertz CT molecular complexity index is 344. The van der Waals surface area contributed by atoms with Crippen molar-refractivity contribution < 1.29 is 9.53 Å². The van der Waals surface area contributed by atoms with E-state index in [1.807, 2.05) is 30.3 Å². The summed E-state index contributed by atoms with van der Waals surface area (Å²) in [6, 6.07) is 7.53. The molecular weight excluding hydrogens is 192 g/mol. The minimum atomic E-state index is -0.244. The summed E-state index contributed by atoms with van der Waals surface area (Å²) in [4.78, 5) is 10.8. The first kappa shape index (κ1) is 11.3. The summed E-state index contributed by atoms with van der Waals surface area (Å²) >= 11 is 0. The molecule has 0 spiro atoms. The van der Waals surface area contributed by atoms with E-state index in [0.717, 1.165) is 11.3 Å². The van der Waals surface area contributed by atoms with Crippen molar-refractivity contribution in [1.82, 2.24) is 0 Å². The van der Waals surface area contributed by atoms with Crippen LogP contribution in [0.25, 0.3) is 6.08 Å². The smallest absolute Gasteiger partial charge is 0.309 e. The van der Waals surface area contributed by atoms with Gasteiger partial charge in [-0.3, -0.25) is 10.6 Å². The molecule has 0 unspecified atom stereocenters. The van der Waals surface area contributed by atoms with E-state index in [4.69, 9.17) is 5.84 Å². The zero-order valence-electron chi connectivity index (χ0n) is 8.57. The quantitative estimate of drug-likeness (QED) is 0.445. The summed E-state index contributed by atoms with van der Waals surface area (Å²) < 4.78 is 4.51. The van der Waals surface area contributed by atoms with Gasteiger partial charge in [-0.1, -0.05) is 24.3 Å². The van der Waals surface area contributed by atoms with Gasteiger partial charge in [-0.2, -0.15) is 0 Å². The molecule has 0 aliphatic heterocycles. The van der Waals surface area contributed by atoms with Gasteiger partial charge in [-0.15, -0.1) is 0 Å². The Hall–Kier alpha value is -1.81. The highest BCUT2D eigenvalue weighted by Crippen LogP contribution is 2.09. The Kier molecular flexibility index (Phi) is 4.37. The van der Waals surface area contributed by atoms with Crippen molar-refractivity contribution in [2.75, 3.05) is 12.5 Å². The van der Waals surface area contributed by atoms with Crippen LogP contribution >= 0.6 is 0 Å². The summed E-state index contributed by atoms with van der Waals surface area (Å²) in [6.07, 6.45) is 3.90. The topological polar surface area (TPSA) is 64.3 Å². The summed E-state index contributed by atoms with van der Waals surface area (Å²) in [6.45, 7) is 0. The molecule has 0 aliphatic carbocycles. The fourth-order valence-corrected chi connectivity index (χ4v) is 1.07. The maximum Gasteiger partial charge on any atom is 0.309 e. The number of carbonyl (C=O) groups is 1. The molecule has 15 heavy (non-hydrogen) atoms. The van der Waals surface area contributed by atoms with Crippen LogP contribution in [0.15, 0.2) is 30.3 Å². The van der Waals surface area contributed by atoms with Crippen LogP contribution in [0.4, 0.5) is 5.69 Å². The largest absolute Gasteiger partial charge is 0.469 e. The SMILES string of the molecule is COC(=O)CC=Cc1ccc(NN)cc1. The van der Waals surface area contributed by atoms with Crippen LogP contribution in [-0.2, 0) is 9.53 Å². The van der Waals surface area contributed by atoms with Crippen LogP contribution in [0, 0.1) is 0 Å². The standard InChI is InChI=1S/C11H14N2O2/c1-15-11(14)4-2-3-9-5-7-10(13-12)8-6-9/h2-3,5-8,13H,4,12H2,1H3. The number of ether oxygens (including phenoxy) is 1. The number of nitrogens with two attached hydrogens (primary N) is 1. The van der Waals surface area contributed by atoms with Crippen molar-refractivity contribution >= 4 is 17.7 Å². The van der Waals surface area contributed by atoms with Gasteiger partial charge >= 0.3 is 5.97 Å². The van der Waals surface area contributed by atoms with Gasteiger partial charge in [-0.05, 0) is 17.7 Å². The number of hydrogen-bond acceptors (Lipinski definition) is 4. The van der Waals surface area contributed by atoms with Crippen molar-refractivity contribution in [3.05, 3.63) is 35.9 Å². The summed E-state index contributed by atoms with van der Waals surface area (Å²) in [5.74, 6) is 4.98. The number of anilines is 1. The number of carbonyl (C=O) groups excluding carboxylic acids is 1. The highest BCUT2D eigenvalue weighted by Gasteiger charge is 1.94. The van der Waals surface area contributed by atoms with E-state index in [2.05, 4.69) is 10.2 Å². The molecule has 1 aromatic carbocycles. The molecule has 4 nitrogen and oxygen atoms in total. The Balaban J connectivity index is 2.53. The molecule has 0 heterocycles. The van der Waals surface area contributed by atoms with Gasteiger partial charge in [0.1, 0.15) is 0 Å². The number of benzene rings is 1. The van der Waals surface area contributed by atoms with Crippen molar-refractivity contribution in [1.29, 1.82) is 0 Å². The van der Waals surface area contributed by atoms with Crippen molar-refractivity contribution in [2.45, 2.75) is 6.42 Å². The fourth-order valence-electron chi connectivity index (χ4n) is 1.07. The molecule has 0 fully saturated rings. The molecule has 4 heteroatoms. The average Bonchev–Trinajstić information content (AvgIpc) is 2.29.